The molecule has 1 heterocycles. The van der Waals surface area contributed by atoms with Gasteiger partial charge in [-0.2, -0.15) is 0 Å². The summed E-state index contributed by atoms with van der Waals surface area (Å²) < 4.78 is 15.7. The smallest absolute Gasteiger partial charge is 0.208 e. The minimum Gasteiger partial charge on any atom is -0.497 e. The lowest BCUT2D eigenvalue weighted by molar-refractivity contribution is 0.198. The van der Waals surface area contributed by atoms with Crippen LogP contribution in [-0.4, -0.2) is 32.4 Å². The molecule has 2 aromatic rings. The van der Waals surface area contributed by atoms with Gasteiger partial charge in [0.2, 0.25) is 5.89 Å². The predicted octanol–water partition coefficient (Wildman–Crippen LogP) is 2.09. The lowest BCUT2D eigenvalue weighted by atomic mass is 10.2. The highest BCUT2D eigenvalue weighted by molar-refractivity contribution is 5.57. The summed E-state index contributed by atoms with van der Waals surface area (Å²) >= 11 is 0. The first-order valence-corrected chi connectivity index (χ1v) is 6.12. The van der Waals surface area contributed by atoms with Gasteiger partial charge in [-0.25, -0.2) is 4.98 Å². The van der Waals surface area contributed by atoms with E-state index in [1.165, 1.54) is 0 Å². The maximum Gasteiger partial charge on any atom is 0.208 e. The standard InChI is InChI=1S/C14H18N2O3/c1-17-8-7-15-10-14-16-9-13(19-14)11-3-5-12(18-2)6-4-11/h3-6,9,15H,7-8,10H2,1-2H3. The summed E-state index contributed by atoms with van der Waals surface area (Å²) in [6, 6.07) is 7.69. The lowest BCUT2D eigenvalue weighted by Gasteiger charge is -2.01. The van der Waals surface area contributed by atoms with Crippen molar-refractivity contribution in [2.24, 2.45) is 0 Å². The summed E-state index contributed by atoms with van der Waals surface area (Å²) in [4.78, 5) is 4.23. The van der Waals surface area contributed by atoms with E-state index in [2.05, 4.69) is 10.3 Å². The second-order valence-electron chi connectivity index (χ2n) is 4.02. The summed E-state index contributed by atoms with van der Waals surface area (Å²) in [6.45, 7) is 2.04. The maximum atomic E-state index is 5.67. The van der Waals surface area contributed by atoms with Crippen LogP contribution < -0.4 is 10.1 Å². The van der Waals surface area contributed by atoms with Crippen LogP contribution >= 0.6 is 0 Å². The van der Waals surface area contributed by atoms with Crippen LogP contribution in [0.4, 0.5) is 0 Å². The fourth-order valence-electron chi connectivity index (χ4n) is 1.65. The molecule has 0 fully saturated rings. The third kappa shape index (κ3) is 3.81. The van der Waals surface area contributed by atoms with Crippen molar-refractivity contribution in [1.29, 1.82) is 0 Å². The zero-order valence-electron chi connectivity index (χ0n) is 11.2. The first-order chi connectivity index (χ1) is 9.33. The molecule has 0 atom stereocenters. The van der Waals surface area contributed by atoms with Gasteiger partial charge in [0.1, 0.15) is 5.75 Å². The Kier molecular flexibility index (Phi) is 4.94. The Morgan fingerprint density at radius 1 is 1.21 bits per heavy atom. The van der Waals surface area contributed by atoms with Crippen molar-refractivity contribution in [3.05, 3.63) is 36.4 Å². The minimum absolute atomic E-state index is 0.597. The second kappa shape index (κ2) is 6.92. The molecular formula is C14H18N2O3. The van der Waals surface area contributed by atoms with Gasteiger partial charge in [0, 0.05) is 19.2 Å². The number of rotatable bonds is 7. The van der Waals surface area contributed by atoms with E-state index in [-0.39, 0.29) is 0 Å². The van der Waals surface area contributed by atoms with Crippen molar-refractivity contribution in [1.82, 2.24) is 10.3 Å². The average Bonchev–Trinajstić information content (AvgIpc) is 2.92. The highest BCUT2D eigenvalue weighted by Crippen LogP contribution is 2.22. The van der Waals surface area contributed by atoms with Crippen LogP contribution in [0.1, 0.15) is 5.89 Å². The number of aromatic nitrogens is 1. The molecule has 5 heteroatoms. The quantitative estimate of drug-likeness (QED) is 0.774. The number of hydrogen-bond donors (Lipinski definition) is 1. The zero-order chi connectivity index (χ0) is 13.5. The largest absolute Gasteiger partial charge is 0.497 e. The van der Waals surface area contributed by atoms with Gasteiger partial charge in [0.05, 0.1) is 26.5 Å². The second-order valence-corrected chi connectivity index (χ2v) is 4.02. The van der Waals surface area contributed by atoms with Crippen molar-refractivity contribution in [3.8, 4) is 17.1 Å². The Morgan fingerprint density at radius 3 is 2.68 bits per heavy atom. The van der Waals surface area contributed by atoms with Gasteiger partial charge in [-0.3, -0.25) is 0 Å². The Morgan fingerprint density at radius 2 is 2.00 bits per heavy atom. The van der Waals surface area contributed by atoms with Crippen molar-refractivity contribution < 1.29 is 13.9 Å². The Hall–Kier alpha value is -1.85. The molecular weight excluding hydrogens is 244 g/mol. The molecule has 2 rings (SSSR count). The van der Waals surface area contributed by atoms with Gasteiger partial charge in [-0.05, 0) is 24.3 Å². The van der Waals surface area contributed by atoms with Gasteiger partial charge in [-0.15, -0.1) is 0 Å². The first-order valence-electron chi connectivity index (χ1n) is 6.12. The molecule has 102 valence electrons. The minimum atomic E-state index is 0.597. The normalized spacial score (nSPS) is 10.6. The topological polar surface area (TPSA) is 56.5 Å². The third-order valence-electron chi connectivity index (χ3n) is 2.69. The van der Waals surface area contributed by atoms with Crippen LogP contribution in [0.5, 0.6) is 5.75 Å². The van der Waals surface area contributed by atoms with Crippen LogP contribution in [0.25, 0.3) is 11.3 Å². The van der Waals surface area contributed by atoms with Gasteiger partial charge < -0.3 is 19.2 Å². The van der Waals surface area contributed by atoms with E-state index in [4.69, 9.17) is 13.9 Å². The van der Waals surface area contributed by atoms with Gasteiger partial charge in [-0.1, -0.05) is 0 Å². The van der Waals surface area contributed by atoms with Crippen LogP contribution in [0, 0.1) is 0 Å². The summed E-state index contributed by atoms with van der Waals surface area (Å²) in [5, 5.41) is 3.18. The summed E-state index contributed by atoms with van der Waals surface area (Å²) in [5.41, 5.74) is 0.983. The van der Waals surface area contributed by atoms with Gasteiger partial charge >= 0.3 is 0 Å². The molecule has 0 aliphatic rings. The number of ether oxygens (including phenoxy) is 2. The number of benzene rings is 1. The molecule has 1 aromatic heterocycles. The van der Waals surface area contributed by atoms with Crippen LogP contribution in [0.3, 0.4) is 0 Å². The zero-order valence-corrected chi connectivity index (χ0v) is 11.2. The molecule has 5 nitrogen and oxygen atoms in total. The Balaban J connectivity index is 1.95. The van der Waals surface area contributed by atoms with Gasteiger partial charge in [0.25, 0.3) is 0 Å². The van der Waals surface area contributed by atoms with Crippen LogP contribution in [0.2, 0.25) is 0 Å². The number of nitrogens with one attached hydrogen (secondary N) is 1. The Labute approximate surface area is 112 Å². The molecule has 0 saturated heterocycles. The van der Waals surface area contributed by atoms with E-state index in [1.54, 1.807) is 20.4 Å². The van der Waals surface area contributed by atoms with E-state index in [0.717, 1.165) is 23.6 Å². The highest BCUT2D eigenvalue weighted by atomic mass is 16.5. The molecule has 0 aliphatic carbocycles. The Bertz CT molecular complexity index is 494. The molecule has 0 saturated carbocycles. The summed E-state index contributed by atoms with van der Waals surface area (Å²) in [7, 11) is 3.32. The molecule has 1 aromatic carbocycles. The molecule has 0 aliphatic heterocycles. The van der Waals surface area contributed by atoms with E-state index in [0.29, 0.717) is 19.0 Å². The molecule has 0 amide bonds. The summed E-state index contributed by atoms with van der Waals surface area (Å²) in [6.07, 6.45) is 1.73. The van der Waals surface area contributed by atoms with E-state index in [9.17, 15) is 0 Å². The monoisotopic (exact) mass is 262 g/mol. The third-order valence-corrected chi connectivity index (χ3v) is 2.69. The number of methoxy groups -OCH3 is 2. The fraction of sp³-hybridized carbons (Fsp3) is 0.357. The maximum absolute atomic E-state index is 5.67. The van der Waals surface area contributed by atoms with Crippen LogP contribution in [-0.2, 0) is 11.3 Å². The molecule has 0 unspecified atom stereocenters. The van der Waals surface area contributed by atoms with E-state index in [1.807, 2.05) is 24.3 Å². The number of oxazole rings is 1. The highest BCUT2D eigenvalue weighted by Gasteiger charge is 2.06. The molecule has 19 heavy (non-hydrogen) atoms. The fourth-order valence-corrected chi connectivity index (χ4v) is 1.65. The van der Waals surface area contributed by atoms with E-state index >= 15 is 0 Å². The van der Waals surface area contributed by atoms with Crippen molar-refractivity contribution in [2.45, 2.75) is 6.54 Å². The lowest BCUT2D eigenvalue weighted by Crippen LogP contribution is -2.18. The SMILES string of the molecule is COCCNCc1ncc(-c2ccc(OC)cc2)o1. The van der Waals surface area contributed by atoms with Crippen LogP contribution in [0.15, 0.2) is 34.9 Å². The number of nitrogens with zero attached hydrogens (tertiary/aromatic N) is 1. The summed E-state index contributed by atoms with van der Waals surface area (Å²) in [5.74, 6) is 2.25. The molecule has 0 radical (unpaired) electrons. The molecule has 0 spiro atoms. The van der Waals surface area contributed by atoms with Gasteiger partial charge in [0.15, 0.2) is 5.76 Å². The molecule has 1 N–H and O–H groups in total. The average molecular weight is 262 g/mol. The van der Waals surface area contributed by atoms with E-state index < -0.39 is 0 Å². The van der Waals surface area contributed by atoms with Crippen molar-refractivity contribution >= 4 is 0 Å². The number of hydrogen-bond acceptors (Lipinski definition) is 5. The van der Waals surface area contributed by atoms with Crippen molar-refractivity contribution in [2.75, 3.05) is 27.4 Å². The first kappa shape index (κ1) is 13.6. The van der Waals surface area contributed by atoms with Crippen molar-refractivity contribution in [3.63, 3.8) is 0 Å². The predicted molar refractivity (Wildman–Crippen MR) is 72.1 cm³/mol. The molecule has 0 bridgehead atoms.